The maximum Gasteiger partial charge on any atom is 0.119 e. The van der Waals surface area contributed by atoms with Crippen LogP contribution >= 0.6 is 0 Å². The van der Waals surface area contributed by atoms with Gasteiger partial charge in [-0.3, -0.25) is 9.97 Å². The number of nitrogens with zero attached hydrogens (tertiary/aromatic N) is 2. The molecule has 1 aromatic heterocycles. The van der Waals surface area contributed by atoms with Crippen LogP contribution in [0.1, 0.15) is 32.0 Å². The van der Waals surface area contributed by atoms with E-state index in [0.717, 1.165) is 30.2 Å². The van der Waals surface area contributed by atoms with Crippen LogP contribution in [0.5, 0.6) is 5.75 Å². The molecule has 0 bridgehead atoms. The molecule has 19 heavy (non-hydrogen) atoms. The standard InChI is InChI=1S/C15H19N3O/c1-3-10-19-14-6-4-13(5-7-14)18-12(2)15-11-16-8-9-17-15/h4-9,11-12,18H,3,10H2,1-2H3. The maximum absolute atomic E-state index is 5.55. The van der Waals surface area contributed by atoms with Gasteiger partial charge in [-0.05, 0) is 37.6 Å². The first-order valence-electron chi connectivity index (χ1n) is 6.55. The van der Waals surface area contributed by atoms with Gasteiger partial charge in [-0.25, -0.2) is 0 Å². The van der Waals surface area contributed by atoms with Gasteiger partial charge in [0.25, 0.3) is 0 Å². The van der Waals surface area contributed by atoms with E-state index in [1.54, 1.807) is 18.6 Å². The van der Waals surface area contributed by atoms with Crippen LogP contribution in [0.15, 0.2) is 42.9 Å². The molecular weight excluding hydrogens is 238 g/mol. The Morgan fingerprint density at radius 3 is 2.63 bits per heavy atom. The first-order valence-corrected chi connectivity index (χ1v) is 6.55. The Morgan fingerprint density at radius 1 is 1.21 bits per heavy atom. The van der Waals surface area contributed by atoms with Crippen molar-refractivity contribution < 1.29 is 4.74 Å². The highest BCUT2D eigenvalue weighted by molar-refractivity contribution is 5.47. The molecule has 0 spiro atoms. The average Bonchev–Trinajstić information content (AvgIpc) is 2.47. The molecule has 0 fully saturated rings. The van der Waals surface area contributed by atoms with Crippen molar-refractivity contribution in [2.45, 2.75) is 26.3 Å². The SMILES string of the molecule is CCCOc1ccc(NC(C)c2cnccn2)cc1. The van der Waals surface area contributed by atoms with E-state index in [-0.39, 0.29) is 6.04 Å². The number of aromatic nitrogens is 2. The molecular formula is C15H19N3O. The van der Waals surface area contributed by atoms with Crippen LogP contribution in [0, 0.1) is 0 Å². The molecule has 2 rings (SSSR count). The number of ether oxygens (including phenoxy) is 1. The van der Waals surface area contributed by atoms with E-state index in [1.165, 1.54) is 0 Å². The van der Waals surface area contributed by atoms with Crippen molar-refractivity contribution in [3.8, 4) is 5.75 Å². The van der Waals surface area contributed by atoms with Crippen molar-refractivity contribution in [3.63, 3.8) is 0 Å². The molecule has 0 amide bonds. The molecule has 1 N–H and O–H groups in total. The summed E-state index contributed by atoms with van der Waals surface area (Å²) in [5, 5.41) is 3.38. The van der Waals surface area contributed by atoms with Crippen molar-refractivity contribution in [1.29, 1.82) is 0 Å². The molecule has 0 saturated carbocycles. The van der Waals surface area contributed by atoms with E-state index in [9.17, 15) is 0 Å². The summed E-state index contributed by atoms with van der Waals surface area (Å²) >= 11 is 0. The van der Waals surface area contributed by atoms with E-state index in [4.69, 9.17) is 4.74 Å². The minimum Gasteiger partial charge on any atom is -0.494 e. The fraction of sp³-hybridized carbons (Fsp3) is 0.333. The Labute approximate surface area is 113 Å². The molecule has 1 aromatic carbocycles. The summed E-state index contributed by atoms with van der Waals surface area (Å²) in [5.41, 5.74) is 1.97. The monoisotopic (exact) mass is 257 g/mol. The molecule has 4 nitrogen and oxygen atoms in total. The third-order valence-corrected chi connectivity index (χ3v) is 2.74. The van der Waals surface area contributed by atoms with Gasteiger partial charge in [-0.15, -0.1) is 0 Å². The Bertz CT molecular complexity index is 485. The van der Waals surface area contributed by atoms with E-state index in [1.807, 2.05) is 24.3 Å². The Balaban J connectivity index is 1.96. The first-order chi connectivity index (χ1) is 9.29. The number of benzene rings is 1. The summed E-state index contributed by atoms with van der Waals surface area (Å²) in [6.45, 7) is 4.91. The molecule has 100 valence electrons. The normalized spacial score (nSPS) is 11.9. The topological polar surface area (TPSA) is 47.0 Å². The zero-order valence-corrected chi connectivity index (χ0v) is 11.3. The van der Waals surface area contributed by atoms with Crippen molar-refractivity contribution in [2.75, 3.05) is 11.9 Å². The van der Waals surface area contributed by atoms with E-state index in [0.29, 0.717) is 0 Å². The quantitative estimate of drug-likeness (QED) is 0.861. The molecule has 1 atom stereocenters. The summed E-state index contributed by atoms with van der Waals surface area (Å²) in [4.78, 5) is 8.36. The minimum absolute atomic E-state index is 0.121. The fourth-order valence-corrected chi connectivity index (χ4v) is 1.73. The second-order valence-corrected chi connectivity index (χ2v) is 4.37. The van der Waals surface area contributed by atoms with Crippen LogP contribution in [0.4, 0.5) is 5.69 Å². The van der Waals surface area contributed by atoms with Crippen LogP contribution in [0.25, 0.3) is 0 Å². The summed E-state index contributed by atoms with van der Waals surface area (Å²) in [6.07, 6.45) is 6.17. The van der Waals surface area contributed by atoms with Gasteiger partial charge in [0, 0.05) is 18.1 Å². The third kappa shape index (κ3) is 3.95. The fourth-order valence-electron chi connectivity index (χ4n) is 1.73. The molecule has 2 aromatic rings. The van der Waals surface area contributed by atoms with Gasteiger partial charge in [0.1, 0.15) is 5.75 Å². The van der Waals surface area contributed by atoms with Gasteiger partial charge in [0.2, 0.25) is 0 Å². The average molecular weight is 257 g/mol. The molecule has 0 aliphatic rings. The first kappa shape index (κ1) is 13.3. The van der Waals surface area contributed by atoms with Crippen LogP contribution in [0.3, 0.4) is 0 Å². The van der Waals surface area contributed by atoms with E-state index >= 15 is 0 Å². The van der Waals surface area contributed by atoms with Crippen LogP contribution in [-0.4, -0.2) is 16.6 Å². The lowest BCUT2D eigenvalue weighted by Crippen LogP contribution is -2.08. The van der Waals surface area contributed by atoms with Crippen molar-refractivity contribution in [3.05, 3.63) is 48.5 Å². The van der Waals surface area contributed by atoms with Gasteiger partial charge in [-0.2, -0.15) is 0 Å². The van der Waals surface area contributed by atoms with Crippen LogP contribution in [0.2, 0.25) is 0 Å². The number of hydrogen-bond donors (Lipinski definition) is 1. The molecule has 0 saturated heterocycles. The van der Waals surface area contributed by atoms with Gasteiger partial charge < -0.3 is 10.1 Å². The highest BCUT2D eigenvalue weighted by atomic mass is 16.5. The van der Waals surface area contributed by atoms with Gasteiger partial charge in [-0.1, -0.05) is 6.92 Å². The maximum atomic E-state index is 5.55. The van der Waals surface area contributed by atoms with Crippen molar-refractivity contribution in [1.82, 2.24) is 9.97 Å². The second-order valence-electron chi connectivity index (χ2n) is 4.37. The summed E-state index contributed by atoms with van der Waals surface area (Å²) in [6, 6.07) is 8.09. The summed E-state index contributed by atoms with van der Waals surface area (Å²) < 4.78 is 5.55. The summed E-state index contributed by atoms with van der Waals surface area (Å²) in [5.74, 6) is 0.902. The van der Waals surface area contributed by atoms with Gasteiger partial charge in [0.05, 0.1) is 24.5 Å². The number of anilines is 1. The minimum atomic E-state index is 0.121. The number of rotatable bonds is 6. The smallest absolute Gasteiger partial charge is 0.119 e. The van der Waals surface area contributed by atoms with Gasteiger partial charge >= 0.3 is 0 Å². The molecule has 1 unspecified atom stereocenters. The Hall–Kier alpha value is -2.10. The molecule has 1 heterocycles. The lowest BCUT2D eigenvalue weighted by atomic mass is 10.2. The largest absolute Gasteiger partial charge is 0.494 e. The lowest BCUT2D eigenvalue weighted by molar-refractivity contribution is 0.317. The van der Waals surface area contributed by atoms with Crippen molar-refractivity contribution in [2.24, 2.45) is 0 Å². The van der Waals surface area contributed by atoms with E-state index < -0.39 is 0 Å². The molecule has 0 aliphatic heterocycles. The zero-order chi connectivity index (χ0) is 13.5. The predicted molar refractivity (Wildman–Crippen MR) is 76.3 cm³/mol. The second kappa shape index (κ2) is 6.73. The predicted octanol–water partition coefficient (Wildman–Crippen LogP) is 3.44. The highest BCUT2D eigenvalue weighted by Crippen LogP contribution is 2.20. The lowest BCUT2D eigenvalue weighted by Gasteiger charge is -2.14. The Kier molecular flexibility index (Phi) is 4.72. The molecule has 4 heteroatoms. The molecule has 0 aliphatic carbocycles. The highest BCUT2D eigenvalue weighted by Gasteiger charge is 2.06. The van der Waals surface area contributed by atoms with Crippen molar-refractivity contribution >= 4 is 5.69 Å². The zero-order valence-electron chi connectivity index (χ0n) is 11.3. The number of nitrogens with one attached hydrogen (secondary N) is 1. The summed E-state index contributed by atoms with van der Waals surface area (Å²) in [7, 11) is 0. The Morgan fingerprint density at radius 2 is 2.00 bits per heavy atom. The number of hydrogen-bond acceptors (Lipinski definition) is 4. The van der Waals surface area contributed by atoms with E-state index in [2.05, 4.69) is 29.1 Å². The van der Waals surface area contributed by atoms with Gasteiger partial charge in [0.15, 0.2) is 0 Å². The van der Waals surface area contributed by atoms with Crippen LogP contribution in [-0.2, 0) is 0 Å². The van der Waals surface area contributed by atoms with Crippen LogP contribution < -0.4 is 10.1 Å². The third-order valence-electron chi connectivity index (χ3n) is 2.74. The molecule has 0 radical (unpaired) electrons.